The van der Waals surface area contributed by atoms with Gasteiger partial charge in [0.05, 0.1) is 19.3 Å². The molecule has 0 spiro atoms. The van der Waals surface area contributed by atoms with Crippen LogP contribution in [-0.4, -0.2) is 51.2 Å². The zero-order valence-corrected chi connectivity index (χ0v) is 10.5. The van der Waals surface area contributed by atoms with Crippen molar-refractivity contribution in [3.8, 4) is 5.75 Å². The second-order valence-corrected chi connectivity index (χ2v) is 4.35. The lowest BCUT2D eigenvalue weighted by molar-refractivity contribution is 0.0854. The Labute approximate surface area is 106 Å². The van der Waals surface area contributed by atoms with E-state index in [9.17, 15) is 8.78 Å². The molecule has 0 N–H and O–H groups in total. The van der Waals surface area contributed by atoms with Crippen molar-refractivity contribution in [1.29, 1.82) is 0 Å². The van der Waals surface area contributed by atoms with E-state index in [1.807, 2.05) is 24.3 Å². The molecule has 18 heavy (non-hydrogen) atoms. The molecule has 1 aliphatic rings. The van der Waals surface area contributed by atoms with Gasteiger partial charge in [0.25, 0.3) is 6.43 Å². The molecule has 3 nitrogen and oxygen atoms in total. The Hall–Kier alpha value is -1.36. The average molecular weight is 256 g/mol. The van der Waals surface area contributed by atoms with Gasteiger partial charge < -0.3 is 9.64 Å². The molecule has 1 fully saturated rings. The van der Waals surface area contributed by atoms with E-state index < -0.39 is 6.43 Å². The molecule has 0 unspecified atom stereocenters. The fourth-order valence-corrected chi connectivity index (χ4v) is 2.26. The monoisotopic (exact) mass is 256 g/mol. The highest BCUT2D eigenvalue weighted by Crippen LogP contribution is 2.28. The standard InChI is InChI=1S/C13H18F2N2O/c1-18-12-5-3-2-4-11(12)17-8-6-16(7-9-17)10-13(14)15/h2-5,13H,6-10H2,1H3. The van der Waals surface area contributed by atoms with E-state index in [2.05, 4.69) is 4.90 Å². The van der Waals surface area contributed by atoms with Crippen LogP contribution < -0.4 is 9.64 Å². The summed E-state index contributed by atoms with van der Waals surface area (Å²) in [5.74, 6) is 0.833. The lowest BCUT2D eigenvalue weighted by Gasteiger charge is -2.36. The summed E-state index contributed by atoms with van der Waals surface area (Å²) in [5.41, 5.74) is 1.04. The smallest absolute Gasteiger partial charge is 0.251 e. The molecule has 100 valence electrons. The van der Waals surface area contributed by atoms with Crippen molar-refractivity contribution < 1.29 is 13.5 Å². The Balaban J connectivity index is 1.97. The fraction of sp³-hybridized carbons (Fsp3) is 0.538. The molecule has 1 heterocycles. The minimum absolute atomic E-state index is 0.125. The van der Waals surface area contributed by atoms with Crippen molar-refractivity contribution in [1.82, 2.24) is 4.90 Å². The van der Waals surface area contributed by atoms with Gasteiger partial charge in [-0.3, -0.25) is 4.90 Å². The molecule has 0 amide bonds. The third-order valence-corrected chi connectivity index (χ3v) is 3.19. The Kier molecular flexibility index (Phi) is 4.36. The van der Waals surface area contributed by atoms with Gasteiger partial charge in [-0.25, -0.2) is 8.78 Å². The van der Waals surface area contributed by atoms with E-state index in [0.717, 1.165) is 24.5 Å². The Bertz CT molecular complexity index is 379. The summed E-state index contributed by atoms with van der Waals surface area (Å²) in [7, 11) is 1.64. The van der Waals surface area contributed by atoms with Gasteiger partial charge in [-0.1, -0.05) is 12.1 Å². The predicted molar refractivity (Wildman–Crippen MR) is 67.7 cm³/mol. The number of para-hydroxylation sites is 2. The van der Waals surface area contributed by atoms with E-state index in [1.54, 1.807) is 12.0 Å². The van der Waals surface area contributed by atoms with E-state index >= 15 is 0 Å². The van der Waals surface area contributed by atoms with Crippen LogP contribution in [0.3, 0.4) is 0 Å². The number of hydrogen-bond acceptors (Lipinski definition) is 3. The van der Waals surface area contributed by atoms with Crippen LogP contribution in [0.2, 0.25) is 0 Å². The molecule has 5 heteroatoms. The van der Waals surface area contributed by atoms with E-state index in [0.29, 0.717) is 13.1 Å². The maximum Gasteiger partial charge on any atom is 0.251 e. The number of alkyl halides is 2. The molecule has 1 aromatic carbocycles. The number of nitrogens with zero attached hydrogens (tertiary/aromatic N) is 2. The lowest BCUT2D eigenvalue weighted by Crippen LogP contribution is -2.47. The van der Waals surface area contributed by atoms with Crippen LogP contribution in [0.1, 0.15) is 0 Å². The van der Waals surface area contributed by atoms with Gasteiger partial charge in [-0.2, -0.15) is 0 Å². The first-order valence-corrected chi connectivity index (χ1v) is 6.09. The third kappa shape index (κ3) is 3.10. The van der Waals surface area contributed by atoms with Gasteiger partial charge in [0.1, 0.15) is 5.75 Å². The molecule has 1 aliphatic heterocycles. The SMILES string of the molecule is COc1ccccc1N1CCN(CC(F)F)CC1. The number of methoxy groups -OCH3 is 1. The molecule has 0 radical (unpaired) electrons. The van der Waals surface area contributed by atoms with E-state index in [1.165, 1.54) is 0 Å². The summed E-state index contributed by atoms with van der Waals surface area (Å²) in [6, 6.07) is 7.81. The first-order valence-electron chi connectivity index (χ1n) is 6.09. The molecule has 0 atom stereocenters. The summed E-state index contributed by atoms with van der Waals surface area (Å²) < 4.78 is 29.9. The number of piperazine rings is 1. The second kappa shape index (κ2) is 6.00. The van der Waals surface area contributed by atoms with Crippen molar-refractivity contribution in [2.24, 2.45) is 0 Å². The zero-order chi connectivity index (χ0) is 13.0. The van der Waals surface area contributed by atoms with Crippen LogP contribution in [0.5, 0.6) is 5.75 Å². The third-order valence-electron chi connectivity index (χ3n) is 3.19. The first kappa shape index (κ1) is 13.1. The van der Waals surface area contributed by atoms with Gasteiger partial charge in [-0.05, 0) is 12.1 Å². The predicted octanol–water partition coefficient (Wildman–Crippen LogP) is 2.08. The van der Waals surface area contributed by atoms with Gasteiger partial charge >= 0.3 is 0 Å². The number of ether oxygens (including phenoxy) is 1. The van der Waals surface area contributed by atoms with Crippen molar-refractivity contribution in [3.63, 3.8) is 0 Å². The van der Waals surface area contributed by atoms with E-state index in [4.69, 9.17) is 4.74 Å². The minimum Gasteiger partial charge on any atom is -0.495 e. The highest BCUT2D eigenvalue weighted by atomic mass is 19.3. The summed E-state index contributed by atoms with van der Waals surface area (Å²) in [6.45, 7) is 2.73. The molecule has 1 aromatic rings. The molecule has 0 bridgehead atoms. The van der Waals surface area contributed by atoms with Gasteiger partial charge in [0.2, 0.25) is 0 Å². The molecular formula is C13H18F2N2O. The molecule has 2 rings (SSSR count). The first-order chi connectivity index (χ1) is 8.70. The number of anilines is 1. The number of halogens is 2. The largest absolute Gasteiger partial charge is 0.495 e. The van der Waals surface area contributed by atoms with Crippen LogP contribution in [0.25, 0.3) is 0 Å². The van der Waals surface area contributed by atoms with Crippen LogP contribution >= 0.6 is 0 Å². The highest BCUT2D eigenvalue weighted by molar-refractivity contribution is 5.58. The van der Waals surface area contributed by atoms with Crippen LogP contribution in [0.15, 0.2) is 24.3 Å². The summed E-state index contributed by atoms with van der Waals surface area (Å²) in [5, 5.41) is 0. The molecule has 1 saturated heterocycles. The second-order valence-electron chi connectivity index (χ2n) is 4.35. The normalized spacial score (nSPS) is 17.2. The summed E-state index contributed by atoms with van der Waals surface area (Å²) in [6.07, 6.45) is -2.25. The average Bonchev–Trinajstić information content (AvgIpc) is 2.39. The van der Waals surface area contributed by atoms with Crippen molar-refractivity contribution in [2.45, 2.75) is 6.43 Å². The molecule has 0 saturated carbocycles. The van der Waals surface area contributed by atoms with Crippen molar-refractivity contribution in [2.75, 3.05) is 44.7 Å². The Morgan fingerprint density at radius 2 is 1.83 bits per heavy atom. The Morgan fingerprint density at radius 1 is 1.17 bits per heavy atom. The Morgan fingerprint density at radius 3 is 2.44 bits per heavy atom. The topological polar surface area (TPSA) is 15.7 Å². The van der Waals surface area contributed by atoms with Gasteiger partial charge in [-0.15, -0.1) is 0 Å². The number of hydrogen-bond donors (Lipinski definition) is 0. The number of benzene rings is 1. The maximum absolute atomic E-state index is 12.3. The van der Waals surface area contributed by atoms with Crippen LogP contribution in [0.4, 0.5) is 14.5 Å². The van der Waals surface area contributed by atoms with E-state index in [-0.39, 0.29) is 6.54 Å². The van der Waals surface area contributed by atoms with Gasteiger partial charge in [0, 0.05) is 26.2 Å². The number of rotatable bonds is 4. The van der Waals surface area contributed by atoms with Crippen LogP contribution in [-0.2, 0) is 0 Å². The molecular weight excluding hydrogens is 238 g/mol. The summed E-state index contributed by atoms with van der Waals surface area (Å²) in [4.78, 5) is 3.98. The quantitative estimate of drug-likeness (QED) is 0.820. The molecule has 0 aromatic heterocycles. The highest BCUT2D eigenvalue weighted by Gasteiger charge is 2.21. The molecule has 0 aliphatic carbocycles. The fourth-order valence-electron chi connectivity index (χ4n) is 2.26. The van der Waals surface area contributed by atoms with Gasteiger partial charge in [0.15, 0.2) is 0 Å². The minimum atomic E-state index is -2.25. The lowest BCUT2D eigenvalue weighted by atomic mass is 10.2. The van der Waals surface area contributed by atoms with Crippen LogP contribution in [0, 0.1) is 0 Å². The van der Waals surface area contributed by atoms with Crippen molar-refractivity contribution >= 4 is 5.69 Å². The summed E-state index contributed by atoms with van der Waals surface area (Å²) >= 11 is 0. The maximum atomic E-state index is 12.3. The van der Waals surface area contributed by atoms with Crippen molar-refractivity contribution in [3.05, 3.63) is 24.3 Å². The zero-order valence-electron chi connectivity index (χ0n) is 10.5.